The second-order valence-electron chi connectivity index (χ2n) is 5.04. The number of hydrogen-bond acceptors (Lipinski definition) is 5. The molecule has 0 aliphatic heterocycles. The fraction of sp³-hybridized carbons (Fsp3) is 0.0556. The SMILES string of the molecule is Cc1cc(=O)oc2c(C(=O)/C=C/c3ccccn3)c(O)ccc12. The van der Waals surface area contributed by atoms with Crippen LogP contribution in [0.2, 0.25) is 0 Å². The lowest BCUT2D eigenvalue weighted by molar-refractivity contribution is 0.104. The Bertz CT molecular complexity index is 971. The number of ketones is 1. The predicted octanol–water partition coefficient (Wildman–Crippen LogP) is 3.10. The molecule has 0 spiro atoms. The van der Waals surface area contributed by atoms with E-state index >= 15 is 0 Å². The Morgan fingerprint density at radius 2 is 2.09 bits per heavy atom. The van der Waals surface area contributed by atoms with Gasteiger partial charge in [0.2, 0.25) is 0 Å². The average Bonchev–Trinajstić information content (AvgIpc) is 2.53. The van der Waals surface area contributed by atoms with Gasteiger partial charge in [-0.3, -0.25) is 9.78 Å². The molecule has 0 bridgehead atoms. The van der Waals surface area contributed by atoms with Gasteiger partial charge in [0, 0.05) is 17.6 Å². The minimum atomic E-state index is -0.566. The van der Waals surface area contributed by atoms with Crippen LogP contribution in [0.4, 0.5) is 0 Å². The Labute approximate surface area is 131 Å². The van der Waals surface area contributed by atoms with Crippen molar-refractivity contribution in [3.63, 3.8) is 0 Å². The van der Waals surface area contributed by atoms with Gasteiger partial charge in [-0.1, -0.05) is 6.07 Å². The van der Waals surface area contributed by atoms with E-state index in [0.29, 0.717) is 16.6 Å². The number of carbonyl (C=O) groups is 1. The van der Waals surface area contributed by atoms with Crippen molar-refractivity contribution in [1.29, 1.82) is 0 Å². The fourth-order valence-corrected chi connectivity index (χ4v) is 2.33. The van der Waals surface area contributed by atoms with E-state index in [2.05, 4.69) is 4.98 Å². The van der Waals surface area contributed by atoms with E-state index in [-0.39, 0.29) is 16.9 Å². The number of rotatable bonds is 3. The lowest BCUT2D eigenvalue weighted by Gasteiger charge is -2.06. The van der Waals surface area contributed by atoms with Gasteiger partial charge in [0.05, 0.1) is 5.69 Å². The van der Waals surface area contributed by atoms with Crippen LogP contribution in [0, 0.1) is 6.92 Å². The second kappa shape index (κ2) is 5.88. The molecule has 0 atom stereocenters. The molecule has 2 heterocycles. The van der Waals surface area contributed by atoms with Crippen LogP contribution < -0.4 is 5.63 Å². The monoisotopic (exact) mass is 307 g/mol. The minimum Gasteiger partial charge on any atom is -0.507 e. The molecule has 0 unspecified atom stereocenters. The van der Waals surface area contributed by atoms with Crippen molar-refractivity contribution in [2.24, 2.45) is 0 Å². The van der Waals surface area contributed by atoms with Gasteiger partial charge >= 0.3 is 5.63 Å². The number of phenols is 1. The maximum absolute atomic E-state index is 12.4. The molecule has 0 saturated carbocycles. The number of hydrogen-bond donors (Lipinski definition) is 1. The quantitative estimate of drug-likeness (QED) is 0.457. The number of aromatic hydroxyl groups is 1. The van der Waals surface area contributed by atoms with E-state index in [9.17, 15) is 14.7 Å². The molecule has 1 N–H and O–H groups in total. The Morgan fingerprint density at radius 1 is 1.26 bits per heavy atom. The summed E-state index contributed by atoms with van der Waals surface area (Å²) >= 11 is 0. The van der Waals surface area contributed by atoms with Crippen molar-refractivity contribution in [1.82, 2.24) is 4.98 Å². The zero-order valence-electron chi connectivity index (χ0n) is 12.3. The van der Waals surface area contributed by atoms with Crippen LogP contribution in [-0.2, 0) is 0 Å². The summed E-state index contributed by atoms with van der Waals surface area (Å²) in [5.74, 6) is -0.700. The van der Waals surface area contributed by atoms with E-state index in [1.54, 1.807) is 37.4 Å². The molecule has 0 amide bonds. The van der Waals surface area contributed by atoms with Gasteiger partial charge in [-0.2, -0.15) is 0 Å². The van der Waals surface area contributed by atoms with Crippen LogP contribution in [0.25, 0.3) is 17.0 Å². The predicted molar refractivity (Wildman–Crippen MR) is 86.5 cm³/mol. The molecule has 1 aromatic carbocycles. The highest BCUT2D eigenvalue weighted by Crippen LogP contribution is 2.28. The molecule has 0 saturated heterocycles. The van der Waals surface area contributed by atoms with Gasteiger partial charge in [-0.25, -0.2) is 4.79 Å². The van der Waals surface area contributed by atoms with Crippen molar-refractivity contribution >= 4 is 22.8 Å². The highest BCUT2D eigenvalue weighted by atomic mass is 16.4. The molecule has 0 fully saturated rings. The van der Waals surface area contributed by atoms with Crippen molar-refractivity contribution in [3.8, 4) is 5.75 Å². The van der Waals surface area contributed by atoms with E-state index in [0.717, 1.165) is 0 Å². The number of aromatic nitrogens is 1. The average molecular weight is 307 g/mol. The number of carbonyl (C=O) groups excluding carboxylic acids is 1. The molecule has 23 heavy (non-hydrogen) atoms. The molecule has 3 rings (SSSR count). The van der Waals surface area contributed by atoms with Gasteiger partial charge in [-0.05, 0) is 48.9 Å². The van der Waals surface area contributed by atoms with Crippen LogP contribution in [0.1, 0.15) is 21.6 Å². The normalized spacial score (nSPS) is 11.2. The highest BCUT2D eigenvalue weighted by Gasteiger charge is 2.17. The highest BCUT2D eigenvalue weighted by molar-refractivity contribution is 6.15. The third-order valence-electron chi connectivity index (χ3n) is 3.44. The number of nitrogens with zero attached hydrogens (tertiary/aromatic N) is 1. The van der Waals surface area contributed by atoms with Crippen molar-refractivity contribution in [2.45, 2.75) is 6.92 Å². The lowest BCUT2D eigenvalue weighted by Crippen LogP contribution is -2.03. The summed E-state index contributed by atoms with van der Waals surface area (Å²) in [7, 11) is 0. The summed E-state index contributed by atoms with van der Waals surface area (Å²) < 4.78 is 5.14. The Morgan fingerprint density at radius 3 is 2.83 bits per heavy atom. The van der Waals surface area contributed by atoms with Crippen molar-refractivity contribution in [2.75, 3.05) is 0 Å². The zero-order chi connectivity index (χ0) is 16.4. The van der Waals surface area contributed by atoms with Gasteiger partial charge in [-0.15, -0.1) is 0 Å². The van der Waals surface area contributed by atoms with Crippen molar-refractivity contribution in [3.05, 3.63) is 75.9 Å². The van der Waals surface area contributed by atoms with Gasteiger partial charge < -0.3 is 9.52 Å². The number of allylic oxidation sites excluding steroid dienone is 1. The van der Waals surface area contributed by atoms with E-state index < -0.39 is 11.4 Å². The van der Waals surface area contributed by atoms with Crippen LogP contribution in [0.3, 0.4) is 0 Å². The maximum Gasteiger partial charge on any atom is 0.336 e. The van der Waals surface area contributed by atoms with Crippen LogP contribution in [-0.4, -0.2) is 15.9 Å². The largest absolute Gasteiger partial charge is 0.507 e. The Hall–Kier alpha value is -3.21. The third kappa shape index (κ3) is 2.89. The summed E-state index contributed by atoms with van der Waals surface area (Å²) in [6.07, 6.45) is 4.44. The van der Waals surface area contributed by atoms with E-state index in [1.165, 1.54) is 24.3 Å². The second-order valence-corrected chi connectivity index (χ2v) is 5.04. The molecule has 0 aliphatic rings. The van der Waals surface area contributed by atoms with E-state index in [4.69, 9.17) is 4.42 Å². The number of aryl methyl sites for hydroxylation is 1. The topological polar surface area (TPSA) is 80.4 Å². The minimum absolute atomic E-state index is 0.0320. The number of pyridine rings is 1. The zero-order valence-corrected chi connectivity index (χ0v) is 12.3. The summed E-state index contributed by atoms with van der Waals surface area (Å²) in [4.78, 5) is 28.1. The van der Waals surface area contributed by atoms with Crippen LogP contribution in [0.15, 0.2) is 57.9 Å². The molecule has 5 nitrogen and oxygen atoms in total. The Balaban J connectivity index is 2.12. The van der Waals surface area contributed by atoms with Crippen molar-refractivity contribution < 1.29 is 14.3 Å². The first kappa shape index (κ1) is 14.7. The Kier molecular flexibility index (Phi) is 3.76. The van der Waals surface area contributed by atoms with Gasteiger partial charge in [0.1, 0.15) is 11.3 Å². The smallest absolute Gasteiger partial charge is 0.336 e. The summed E-state index contributed by atoms with van der Waals surface area (Å²) in [6, 6.07) is 9.69. The molecule has 2 aromatic heterocycles. The van der Waals surface area contributed by atoms with Gasteiger partial charge in [0.25, 0.3) is 0 Å². The first-order chi connectivity index (χ1) is 11.1. The van der Waals surface area contributed by atoms with Gasteiger partial charge in [0.15, 0.2) is 11.4 Å². The molecule has 3 aromatic rings. The lowest BCUT2D eigenvalue weighted by atomic mass is 10.0. The van der Waals surface area contributed by atoms with E-state index in [1.807, 2.05) is 0 Å². The molecular formula is C18H13NO4. The van der Waals surface area contributed by atoms with Crippen LogP contribution >= 0.6 is 0 Å². The first-order valence-electron chi connectivity index (χ1n) is 6.96. The fourth-order valence-electron chi connectivity index (χ4n) is 2.33. The number of fused-ring (bicyclic) bond motifs is 1. The number of benzene rings is 1. The molecule has 0 aliphatic carbocycles. The third-order valence-corrected chi connectivity index (χ3v) is 3.44. The number of phenolic OH excluding ortho intramolecular Hbond substituents is 1. The first-order valence-corrected chi connectivity index (χ1v) is 6.96. The van der Waals surface area contributed by atoms with Crippen LogP contribution in [0.5, 0.6) is 5.75 Å². The standard InChI is InChI=1S/C18H13NO4/c1-11-10-16(22)23-18-13(11)6-8-15(21)17(18)14(20)7-5-12-4-2-3-9-19-12/h2-10,21H,1H3/b7-5+. The maximum atomic E-state index is 12.4. The summed E-state index contributed by atoms with van der Waals surface area (Å²) in [6.45, 7) is 1.74. The molecule has 114 valence electrons. The molecule has 5 heteroatoms. The summed E-state index contributed by atoms with van der Waals surface area (Å²) in [5.41, 5.74) is 0.779. The summed E-state index contributed by atoms with van der Waals surface area (Å²) in [5, 5.41) is 10.6. The molecular weight excluding hydrogens is 294 g/mol. The molecule has 0 radical (unpaired) electrons.